The second kappa shape index (κ2) is 5.53. The number of ether oxygens (including phenoxy) is 2. The van der Waals surface area contributed by atoms with E-state index < -0.39 is 5.41 Å². The van der Waals surface area contributed by atoms with Crippen molar-refractivity contribution in [2.75, 3.05) is 13.7 Å². The lowest BCUT2D eigenvalue weighted by molar-refractivity contribution is -0.153. The van der Waals surface area contributed by atoms with E-state index in [0.29, 0.717) is 6.61 Å². The minimum absolute atomic E-state index is 0.0719. The summed E-state index contributed by atoms with van der Waals surface area (Å²) < 4.78 is 10.8. The predicted octanol–water partition coefficient (Wildman–Crippen LogP) is 2.69. The van der Waals surface area contributed by atoms with E-state index in [4.69, 9.17) is 9.47 Å². The molecular formula is C15H20O3. The molecule has 0 aromatic heterocycles. The van der Waals surface area contributed by atoms with Gasteiger partial charge < -0.3 is 9.47 Å². The van der Waals surface area contributed by atoms with E-state index >= 15 is 0 Å². The highest BCUT2D eigenvalue weighted by atomic mass is 16.5. The first-order valence-electron chi connectivity index (χ1n) is 6.51. The molecule has 0 N–H and O–H groups in total. The summed E-state index contributed by atoms with van der Waals surface area (Å²) >= 11 is 0. The van der Waals surface area contributed by atoms with Crippen molar-refractivity contribution in [3.05, 3.63) is 35.9 Å². The average Bonchev–Trinajstić information content (AvgIpc) is 2.84. The van der Waals surface area contributed by atoms with Gasteiger partial charge in [-0.15, -0.1) is 0 Å². The van der Waals surface area contributed by atoms with Crippen LogP contribution in [0.2, 0.25) is 0 Å². The van der Waals surface area contributed by atoms with E-state index in [2.05, 4.69) is 0 Å². The minimum atomic E-state index is -0.619. The van der Waals surface area contributed by atoms with E-state index in [9.17, 15) is 4.79 Å². The lowest BCUT2D eigenvalue weighted by Crippen LogP contribution is -2.45. The summed E-state index contributed by atoms with van der Waals surface area (Å²) in [6, 6.07) is 9.87. The van der Waals surface area contributed by atoms with Crippen LogP contribution >= 0.6 is 0 Å². The first-order valence-corrected chi connectivity index (χ1v) is 6.51. The number of carbonyl (C=O) groups excluding carboxylic acids is 1. The summed E-state index contributed by atoms with van der Waals surface area (Å²) in [5, 5.41) is 0. The van der Waals surface area contributed by atoms with Crippen LogP contribution in [-0.2, 0) is 19.7 Å². The standard InChI is InChI=1S/C15H20O3/c1-3-18-13-10-7-11-15(13,14(16)17-2)12-8-5-4-6-9-12/h4-6,8-9,13H,3,7,10-11H2,1-2H3. The van der Waals surface area contributed by atoms with Gasteiger partial charge in [-0.3, -0.25) is 4.79 Å². The third kappa shape index (κ3) is 2.03. The molecule has 1 aliphatic rings. The molecule has 1 aromatic rings. The Morgan fingerprint density at radius 3 is 2.72 bits per heavy atom. The van der Waals surface area contributed by atoms with Gasteiger partial charge in [0, 0.05) is 6.61 Å². The molecule has 0 heterocycles. The molecule has 18 heavy (non-hydrogen) atoms. The van der Waals surface area contributed by atoms with Crippen LogP contribution in [0.15, 0.2) is 30.3 Å². The number of hydrogen-bond donors (Lipinski definition) is 0. The molecule has 0 radical (unpaired) electrons. The zero-order chi connectivity index (χ0) is 13.0. The van der Waals surface area contributed by atoms with Crippen molar-refractivity contribution in [3.8, 4) is 0 Å². The zero-order valence-corrected chi connectivity index (χ0v) is 11.0. The van der Waals surface area contributed by atoms with Crippen molar-refractivity contribution in [2.45, 2.75) is 37.7 Å². The molecule has 0 saturated heterocycles. The van der Waals surface area contributed by atoms with Crippen LogP contribution in [0.1, 0.15) is 31.7 Å². The molecule has 1 fully saturated rings. The van der Waals surface area contributed by atoms with Gasteiger partial charge in [0.25, 0.3) is 0 Å². The van der Waals surface area contributed by atoms with Gasteiger partial charge in [0.15, 0.2) is 0 Å². The van der Waals surface area contributed by atoms with Crippen LogP contribution in [0.4, 0.5) is 0 Å². The zero-order valence-electron chi connectivity index (χ0n) is 11.0. The summed E-state index contributed by atoms with van der Waals surface area (Å²) in [6.07, 6.45) is 2.64. The van der Waals surface area contributed by atoms with Crippen LogP contribution in [0.25, 0.3) is 0 Å². The Morgan fingerprint density at radius 1 is 1.39 bits per heavy atom. The molecule has 1 aliphatic carbocycles. The molecule has 2 unspecified atom stereocenters. The van der Waals surface area contributed by atoms with Crippen molar-refractivity contribution in [1.82, 2.24) is 0 Å². The molecule has 98 valence electrons. The Balaban J connectivity index is 2.44. The number of esters is 1. The third-order valence-corrected chi connectivity index (χ3v) is 3.79. The van der Waals surface area contributed by atoms with Crippen molar-refractivity contribution in [2.24, 2.45) is 0 Å². The second-order valence-corrected chi connectivity index (χ2v) is 4.67. The molecular weight excluding hydrogens is 228 g/mol. The smallest absolute Gasteiger partial charge is 0.318 e. The Hall–Kier alpha value is -1.35. The fourth-order valence-corrected chi connectivity index (χ4v) is 3.00. The monoisotopic (exact) mass is 248 g/mol. The fourth-order valence-electron chi connectivity index (χ4n) is 3.00. The molecule has 0 bridgehead atoms. The van der Waals surface area contributed by atoms with E-state index in [0.717, 1.165) is 24.8 Å². The summed E-state index contributed by atoms with van der Waals surface area (Å²) in [5.74, 6) is -0.176. The van der Waals surface area contributed by atoms with Gasteiger partial charge in [0.1, 0.15) is 5.41 Å². The highest BCUT2D eigenvalue weighted by Crippen LogP contribution is 2.44. The molecule has 1 aromatic carbocycles. The Kier molecular flexibility index (Phi) is 4.02. The number of methoxy groups -OCH3 is 1. The summed E-state index contributed by atoms with van der Waals surface area (Å²) in [4.78, 5) is 12.3. The first kappa shape index (κ1) is 13.1. The van der Waals surface area contributed by atoms with Crippen molar-refractivity contribution >= 4 is 5.97 Å². The van der Waals surface area contributed by atoms with Gasteiger partial charge in [-0.05, 0) is 31.7 Å². The molecule has 2 rings (SSSR count). The second-order valence-electron chi connectivity index (χ2n) is 4.67. The van der Waals surface area contributed by atoms with Gasteiger partial charge in [-0.25, -0.2) is 0 Å². The quantitative estimate of drug-likeness (QED) is 0.768. The topological polar surface area (TPSA) is 35.5 Å². The van der Waals surface area contributed by atoms with Crippen molar-refractivity contribution in [3.63, 3.8) is 0 Å². The molecule has 2 atom stereocenters. The largest absolute Gasteiger partial charge is 0.468 e. The summed E-state index contributed by atoms with van der Waals surface area (Å²) in [6.45, 7) is 2.58. The molecule has 0 amide bonds. The number of hydrogen-bond acceptors (Lipinski definition) is 3. The average molecular weight is 248 g/mol. The summed E-state index contributed by atoms with van der Waals surface area (Å²) in [5.41, 5.74) is 0.388. The van der Waals surface area contributed by atoms with Crippen LogP contribution < -0.4 is 0 Å². The van der Waals surface area contributed by atoms with Gasteiger partial charge in [0.2, 0.25) is 0 Å². The lowest BCUT2D eigenvalue weighted by Gasteiger charge is -2.32. The lowest BCUT2D eigenvalue weighted by atomic mass is 9.77. The first-order chi connectivity index (χ1) is 8.75. The molecule has 3 heteroatoms. The maximum atomic E-state index is 12.3. The predicted molar refractivity (Wildman–Crippen MR) is 69.4 cm³/mol. The minimum Gasteiger partial charge on any atom is -0.468 e. The van der Waals surface area contributed by atoms with Crippen LogP contribution in [-0.4, -0.2) is 25.8 Å². The van der Waals surface area contributed by atoms with Crippen LogP contribution in [0.5, 0.6) is 0 Å². The third-order valence-electron chi connectivity index (χ3n) is 3.79. The van der Waals surface area contributed by atoms with Crippen molar-refractivity contribution in [1.29, 1.82) is 0 Å². The Morgan fingerprint density at radius 2 is 2.11 bits per heavy atom. The van der Waals surface area contributed by atoms with Crippen molar-refractivity contribution < 1.29 is 14.3 Å². The normalized spacial score (nSPS) is 27.1. The maximum absolute atomic E-state index is 12.3. The highest BCUT2D eigenvalue weighted by molar-refractivity contribution is 5.84. The van der Waals surface area contributed by atoms with Gasteiger partial charge in [-0.2, -0.15) is 0 Å². The number of rotatable bonds is 4. The molecule has 1 saturated carbocycles. The van der Waals surface area contributed by atoms with Crippen LogP contribution in [0, 0.1) is 0 Å². The Labute approximate surface area is 108 Å². The number of benzene rings is 1. The van der Waals surface area contributed by atoms with E-state index in [1.54, 1.807) is 0 Å². The maximum Gasteiger partial charge on any atom is 0.318 e. The molecule has 0 aliphatic heterocycles. The van der Waals surface area contributed by atoms with E-state index in [1.807, 2.05) is 37.3 Å². The van der Waals surface area contributed by atoms with E-state index in [1.165, 1.54) is 7.11 Å². The van der Waals surface area contributed by atoms with Gasteiger partial charge in [-0.1, -0.05) is 30.3 Å². The Bertz CT molecular complexity index is 401. The summed E-state index contributed by atoms with van der Waals surface area (Å²) in [7, 11) is 1.45. The number of carbonyl (C=O) groups is 1. The van der Waals surface area contributed by atoms with E-state index in [-0.39, 0.29) is 12.1 Å². The van der Waals surface area contributed by atoms with Crippen LogP contribution in [0.3, 0.4) is 0 Å². The fraction of sp³-hybridized carbons (Fsp3) is 0.533. The highest BCUT2D eigenvalue weighted by Gasteiger charge is 2.51. The van der Waals surface area contributed by atoms with Gasteiger partial charge >= 0.3 is 5.97 Å². The molecule has 0 spiro atoms. The van der Waals surface area contributed by atoms with Gasteiger partial charge in [0.05, 0.1) is 13.2 Å². The molecule has 3 nitrogen and oxygen atoms in total. The SMILES string of the molecule is CCOC1CCCC1(C(=O)OC)c1ccccc1.